The lowest BCUT2D eigenvalue weighted by Crippen LogP contribution is -2.05. The van der Waals surface area contributed by atoms with Crippen molar-refractivity contribution < 1.29 is 0 Å². The highest BCUT2D eigenvalue weighted by Crippen LogP contribution is 2.21. The van der Waals surface area contributed by atoms with E-state index < -0.39 is 0 Å². The zero-order chi connectivity index (χ0) is 13.2. The summed E-state index contributed by atoms with van der Waals surface area (Å²) in [5.74, 6) is 0. The molecule has 0 saturated carbocycles. The molecule has 0 fully saturated rings. The van der Waals surface area contributed by atoms with Gasteiger partial charge in [0.2, 0.25) is 0 Å². The van der Waals surface area contributed by atoms with E-state index >= 15 is 0 Å². The van der Waals surface area contributed by atoms with Gasteiger partial charge in [0.05, 0.1) is 24.1 Å². The molecule has 3 nitrogen and oxygen atoms in total. The summed E-state index contributed by atoms with van der Waals surface area (Å²) in [6.45, 7) is 6.21. The van der Waals surface area contributed by atoms with Gasteiger partial charge in [-0.25, -0.2) is 4.98 Å². The Kier molecular flexibility index (Phi) is 3.11. The van der Waals surface area contributed by atoms with E-state index in [1.54, 1.807) is 0 Å². The maximum atomic E-state index is 4.25. The van der Waals surface area contributed by atoms with Crippen molar-refractivity contribution >= 4 is 10.9 Å². The summed E-state index contributed by atoms with van der Waals surface area (Å²) in [5.41, 5.74) is 4.02. The van der Waals surface area contributed by atoms with E-state index in [0.29, 0.717) is 0 Å². The van der Waals surface area contributed by atoms with E-state index in [4.69, 9.17) is 0 Å². The van der Waals surface area contributed by atoms with Gasteiger partial charge in [0.1, 0.15) is 0 Å². The summed E-state index contributed by atoms with van der Waals surface area (Å²) in [5, 5.41) is 1.32. The number of imidazole rings is 1. The maximum absolute atomic E-state index is 4.25. The van der Waals surface area contributed by atoms with Gasteiger partial charge in [-0.05, 0) is 30.4 Å². The first kappa shape index (κ1) is 12.0. The number of hydrogen-bond donors (Lipinski definition) is 0. The Morgan fingerprint density at radius 1 is 1.11 bits per heavy atom. The number of aromatic nitrogens is 3. The molecule has 0 unspecified atom stereocenters. The summed E-state index contributed by atoms with van der Waals surface area (Å²) in [4.78, 5) is 4.25. The Morgan fingerprint density at radius 2 is 2.00 bits per heavy atom. The highest BCUT2D eigenvalue weighted by atomic mass is 15.1. The number of aryl methyl sites for hydroxylation is 2. The van der Waals surface area contributed by atoms with Crippen LogP contribution in [-0.4, -0.2) is 14.1 Å². The molecule has 2 aromatic heterocycles. The van der Waals surface area contributed by atoms with Crippen LogP contribution in [-0.2, 0) is 19.5 Å². The van der Waals surface area contributed by atoms with Crippen LogP contribution in [0.2, 0.25) is 0 Å². The van der Waals surface area contributed by atoms with Crippen LogP contribution in [0, 0.1) is 0 Å². The molecule has 0 radical (unpaired) electrons. The maximum Gasteiger partial charge on any atom is 0.0948 e. The topological polar surface area (TPSA) is 22.8 Å². The Balaban J connectivity index is 2.06. The van der Waals surface area contributed by atoms with Gasteiger partial charge in [-0.15, -0.1) is 0 Å². The second-order valence-corrected chi connectivity index (χ2v) is 4.82. The number of rotatable bonds is 4. The van der Waals surface area contributed by atoms with Crippen LogP contribution in [0.4, 0.5) is 0 Å². The monoisotopic (exact) mass is 253 g/mol. The fourth-order valence-corrected chi connectivity index (χ4v) is 2.70. The van der Waals surface area contributed by atoms with Gasteiger partial charge in [-0.3, -0.25) is 0 Å². The van der Waals surface area contributed by atoms with E-state index in [0.717, 1.165) is 19.5 Å². The lowest BCUT2D eigenvalue weighted by Gasteiger charge is -2.10. The van der Waals surface area contributed by atoms with Crippen molar-refractivity contribution in [3.05, 3.63) is 54.2 Å². The average Bonchev–Trinajstić information content (AvgIpc) is 3.06. The van der Waals surface area contributed by atoms with E-state index in [-0.39, 0.29) is 0 Å². The second-order valence-electron chi connectivity index (χ2n) is 4.82. The van der Waals surface area contributed by atoms with E-state index in [1.165, 1.54) is 22.2 Å². The standard InChI is InChI=1S/C16H19N3/c1-3-13-6-5-7-14-8-9-19(16(13)14)11-15-10-17-12-18(15)4-2/h5-10,12H,3-4,11H2,1-2H3. The van der Waals surface area contributed by atoms with Crippen LogP contribution in [0.1, 0.15) is 25.1 Å². The van der Waals surface area contributed by atoms with Crippen LogP contribution in [0.15, 0.2) is 43.0 Å². The Morgan fingerprint density at radius 3 is 2.79 bits per heavy atom. The summed E-state index contributed by atoms with van der Waals surface area (Å²) < 4.78 is 4.53. The van der Waals surface area contributed by atoms with E-state index in [1.807, 2.05) is 12.5 Å². The zero-order valence-corrected chi connectivity index (χ0v) is 11.5. The molecule has 0 aliphatic carbocycles. The third kappa shape index (κ3) is 2.05. The molecule has 3 heteroatoms. The highest BCUT2D eigenvalue weighted by Gasteiger charge is 2.07. The van der Waals surface area contributed by atoms with Crippen LogP contribution in [0.3, 0.4) is 0 Å². The summed E-state index contributed by atoms with van der Waals surface area (Å²) in [7, 11) is 0. The fraction of sp³-hybridized carbons (Fsp3) is 0.312. The fourth-order valence-electron chi connectivity index (χ4n) is 2.70. The SMILES string of the molecule is CCc1cccc2ccn(Cc3cncn3CC)c12. The molecule has 0 saturated heterocycles. The minimum absolute atomic E-state index is 0.883. The molecule has 0 N–H and O–H groups in total. The summed E-state index contributed by atoms with van der Waals surface area (Å²) >= 11 is 0. The van der Waals surface area contributed by atoms with Gasteiger partial charge in [-0.2, -0.15) is 0 Å². The predicted molar refractivity (Wildman–Crippen MR) is 78.3 cm³/mol. The van der Waals surface area contributed by atoms with Gasteiger partial charge >= 0.3 is 0 Å². The number of para-hydroxylation sites is 1. The largest absolute Gasteiger partial charge is 0.341 e. The number of hydrogen-bond acceptors (Lipinski definition) is 1. The van der Waals surface area contributed by atoms with E-state index in [2.05, 4.69) is 58.4 Å². The normalized spacial score (nSPS) is 11.3. The van der Waals surface area contributed by atoms with Crippen LogP contribution >= 0.6 is 0 Å². The van der Waals surface area contributed by atoms with Crippen molar-refractivity contribution in [1.29, 1.82) is 0 Å². The summed E-state index contributed by atoms with van der Waals surface area (Å²) in [6, 6.07) is 8.74. The first-order valence-electron chi connectivity index (χ1n) is 6.89. The number of nitrogens with zero attached hydrogens (tertiary/aromatic N) is 3. The molecular formula is C16H19N3. The molecule has 0 spiro atoms. The van der Waals surface area contributed by atoms with Gasteiger partial charge in [-0.1, -0.05) is 25.1 Å². The Hall–Kier alpha value is -2.03. The predicted octanol–water partition coefficient (Wildman–Crippen LogP) is 3.47. The van der Waals surface area contributed by atoms with Crippen molar-refractivity contribution in [2.45, 2.75) is 33.4 Å². The molecule has 0 atom stereocenters. The molecule has 1 aromatic carbocycles. The van der Waals surface area contributed by atoms with Crippen molar-refractivity contribution in [1.82, 2.24) is 14.1 Å². The molecule has 19 heavy (non-hydrogen) atoms. The van der Waals surface area contributed by atoms with Crippen LogP contribution in [0.25, 0.3) is 10.9 Å². The molecule has 0 aliphatic rings. The average molecular weight is 253 g/mol. The Labute approximate surface area is 113 Å². The molecule has 3 rings (SSSR count). The van der Waals surface area contributed by atoms with Crippen molar-refractivity contribution in [2.75, 3.05) is 0 Å². The lowest BCUT2D eigenvalue weighted by molar-refractivity contribution is 0.678. The molecule has 2 heterocycles. The molecular weight excluding hydrogens is 234 g/mol. The Bertz CT molecular complexity index is 691. The van der Waals surface area contributed by atoms with Crippen molar-refractivity contribution in [3.63, 3.8) is 0 Å². The first-order valence-corrected chi connectivity index (χ1v) is 6.89. The van der Waals surface area contributed by atoms with Crippen LogP contribution in [0.5, 0.6) is 0 Å². The minimum Gasteiger partial charge on any atom is -0.341 e. The molecule has 0 amide bonds. The minimum atomic E-state index is 0.883. The van der Waals surface area contributed by atoms with Crippen LogP contribution < -0.4 is 0 Å². The van der Waals surface area contributed by atoms with Gasteiger partial charge < -0.3 is 9.13 Å². The molecule has 0 aliphatic heterocycles. The van der Waals surface area contributed by atoms with Crippen molar-refractivity contribution in [3.8, 4) is 0 Å². The molecule has 98 valence electrons. The molecule has 0 bridgehead atoms. The first-order chi connectivity index (χ1) is 9.33. The smallest absolute Gasteiger partial charge is 0.0948 e. The second kappa shape index (κ2) is 4.92. The highest BCUT2D eigenvalue weighted by molar-refractivity contribution is 5.83. The van der Waals surface area contributed by atoms with Gasteiger partial charge in [0, 0.05) is 18.9 Å². The number of fused-ring (bicyclic) bond motifs is 1. The quantitative estimate of drug-likeness (QED) is 0.698. The van der Waals surface area contributed by atoms with Gasteiger partial charge in [0.25, 0.3) is 0 Å². The number of benzene rings is 1. The van der Waals surface area contributed by atoms with Crippen molar-refractivity contribution in [2.24, 2.45) is 0 Å². The molecule has 3 aromatic rings. The van der Waals surface area contributed by atoms with Gasteiger partial charge in [0.15, 0.2) is 0 Å². The third-order valence-corrected chi connectivity index (χ3v) is 3.72. The third-order valence-electron chi connectivity index (χ3n) is 3.72. The lowest BCUT2D eigenvalue weighted by atomic mass is 10.1. The zero-order valence-electron chi connectivity index (χ0n) is 11.5. The summed E-state index contributed by atoms with van der Waals surface area (Å²) in [6.07, 6.45) is 7.11. The van der Waals surface area contributed by atoms with E-state index in [9.17, 15) is 0 Å².